The number of fused-ring (bicyclic) bond motifs is 1. The van der Waals surface area contributed by atoms with Crippen LogP contribution in [-0.2, 0) is 24.4 Å². The summed E-state index contributed by atoms with van der Waals surface area (Å²) in [4.78, 5) is 12.7. The fourth-order valence-electron chi connectivity index (χ4n) is 3.08. The van der Waals surface area contributed by atoms with Crippen molar-refractivity contribution in [3.63, 3.8) is 0 Å². The lowest BCUT2D eigenvalue weighted by Crippen LogP contribution is -2.31. The molecule has 6 nitrogen and oxygen atoms in total. The Morgan fingerprint density at radius 1 is 1.18 bits per heavy atom. The van der Waals surface area contributed by atoms with E-state index >= 15 is 0 Å². The van der Waals surface area contributed by atoms with Crippen LogP contribution in [-0.4, -0.2) is 32.1 Å². The molecule has 182 valence electrons. The Bertz CT molecular complexity index is 1180. The minimum atomic E-state index is -6.18. The molecule has 11 heteroatoms. The maximum absolute atomic E-state index is 14.5. The average Bonchev–Trinajstić information content (AvgIpc) is 2.65. The molecule has 1 atom stereocenters. The zero-order valence-corrected chi connectivity index (χ0v) is 19.5. The number of carbonyl (C=O) groups excluding carboxylic acids is 1. The lowest BCUT2D eigenvalue weighted by Gasteiger charge is -2.29. The molecule has 0 aliphatic heterocycles. The average molecular weight is 492 g/mol. The van der Waals surface area contributed by atoms with E-state index < -0.39 is 44.9 Å². The summed E-state index contributed by atoms with van der Waals surface area (Å²) < 4.78 is 93.2. The number of aryl methyl sites for hydroxylation is 1. The van der Waals surface area contributed by atoms with Crippen molar-refractivity contribution in [1.29, 1.82) is 0 Å². The molecule has 0 heterocycles. The second-order valence-electron chi connectivity index (χ2n) is 8.08. The molecule has 1 unspecified atom stereocenters. The van der Waals surface area contributed by atoms with Gasteiger partial charge in [-0.25, -0.2) is 9.18 Å². The number of carbonyl (C=O) groups is 1. The minimum Gasteiger partial charge on any atom is -0.464 e. The second-order valence-corrected chi connectivity index (χ2v) is 9.62. The summed E-state index contributed by atoms with van der Waals surface area (Å²) in [5.74, 6) is -2.74. The highest BCUT2D eigenvalue weighted by Crippen LogP contribution is 2.43. The van der Waals surface area contributed by atoms with Crippen molar-refractivity contribution in [2.45, 2.75) is 51.8 Å². The zero-order valence-electron chi connectivity index (χ0n) is 18.7. The van der Waals surface area contributed by atoms with Gasteiger partial charge in [0.05, 0.1) is 12.2 Å². The predicted molar refractivity (Wildman–Crippen MR) is 115 cm³/mol. The van der Waals surface area contributed by atoms with Crippen molar-refractivity contribution in [3.05, 3.63) is 47.3 Å². The number of esters is 1. The van der Waals surface area contributed by atoms with Crippen LogP contribution in [0.25, 0.3) is 16.8 Å². The standard InChI is InChI=1S/C22H24F4O6S/c1-7-13-10-14-9-12(3)17(19(20(27)30-8-2)31-21(4,5)6)18(15(14)11-16(13)23)32-33(28,29)22(24,25)26/h7,9-11,19H,1,8H2,2-6H3. The Balaban J connectivity index is 2.98. The first-order chi connectivity index (χ1) is 15.0. The largest absolute Gasteiger partial charge is 0.534 e. The van der Waals surface area contributed by atoms with E-state index in [1.807, 2.05) is 0 Å². The summed E-state index contributed by atoms with van der Waals surface area (Å²) in [6.45, 7) is 11.1. The van der Waals surface area contributed by atoms with Gasteiger partial charge in [0.2, 0.25) is 0 Å². The minimum absolute atomic E-state index is 0.0344. The van der Waals surface area contributed by atoms with Crippen LogP contribution in [0.2, 0.25) is 0 Å². The molecule has 0 fully saturated rings. The Morgan fingerprint density at radius 3 is 2.27 bits per heavy atom. The molecule has 0 amide bonds. The Kier molecular flexibility index (Phi) is 7.49. The third-order valence-corrected chi connectivity index (χ3v) is 5.34. The van der Waals surface area contributed by atoms with Crippen molar-refractivity contribution < 1.29 is 44.4 Å². The van der Waals surface area contributed by atoms with Crippen LogP contribution in [0.5, 0.6) is 5.75 Å². The van der Waals surface area contributed by atoms with Crippen molar-refractivity contribution in [2.75, 3.05) is 6.61 Å². The highest BCUT2D eigenvalue weighted by atomic mass is 32.2. The number of hydrogen-bond donors (Lipinski definition) is 0. The quantitative estimate of drug-likeness (QED) is 0.217. The van der Waals surface area contributed by atoms with Gasteiger partial charge in [0.15, 0.2) is 11.9 Å². The third kappa shape index (κ3) is 5.83. The Morgan fingerprint density at radius 2 is 1.79 bits per heavy atom. The molecule has 0 bridgehead atoms. The molecule has 2 aromatic rings. The van der Waals surface area contributed by atoms with Crippen molar-refractivity contribution in [3.8, 4) is 5.75 Å². The van der Waals surface area contributed by atoms with Gasteiger partial charge in [-0.1, -0.05) is 18.7 Å². The first kappa shape index (κ1) is 26.6. The lowest BCUT2D eigenvalue weighted by molar-refractivity contribution is -0.167. The highest BCUT2D eigenvalue weighted by molar-refractivity contribution is 7.88. The number of ether oxygens (including phenoxy) is 2. The maximum atomic E-state index is 14.5. The van der Waals surface area contributed by atoms with Gasteiger partial charge in [0.1, 0.15) is 5.82 Å². The van der Waals surface area contributed by atoms with Crippen LogP contribution in [0.3, 0.4) is 0 Å². The fraction of sp³-hybridized carbons (Fsp3) is 0.409. The summed E-state index contributed by atoms with van der Waals surface area (Å²) in [6.07, 6.45) is -0.468. The van der Waals surface area contributed by atoms with Crippen LogP contribution in [0.15, 0.2) is 24.8 Å². The molecular formula is C22H24F4O6S. The third-order valence-electron chi connectivity index (χ3n) is 4.39. The Labute approximate surface area is 189 Å². The highest BCUT2D eigenvalue weighted by Gasteiger charge is 2.49. The SMILES string of the molecule is C=Cc1cc2cc(C)c(C(OC(C)(C)C)C(=O)OCC)c(OS(=O)(=O)C(F)(F)F)c2cc1F. The van der Waals surface area contributed by atoms with Gasteiger partial charge < -0.3 is 13.7 Å². The van der Waals surface area contributed by atoms with Crippen LogP contribution in [0, 0.1) is 12.7 Å². The van der Waals surface area contributed by atoms with Gasteiger partial charge in [-0.15, -0.1) is 0 Å². The van der Waals surface area contributed by atoms with E-state index in [0.717, 1.165) is 6.07 Å². The van der Waals surface area contributed by atoms with Gasteiger partial charge in [0, 0.05) is 16.5 Å². The molecule has 33 heavy (non-hydrogen) atoms. The van der Waals surface area contributed by atoms with E-state index in [1.54, 1.807) is 20.8 Å². The molecule has 0 saturated carbocycles. The van der Waals surface area contributed by atoms with Gasteiger partial charge in [-0.05, 0) is 57.7 Å². The second kappa shape index (κ2) is 9.30. The molecule has 0 aliphatic carbocycles. The van der Waals surface area contributed by atoms with E-state index in [2.05, 4.69) is 10.8 Å². The summed E-state index contributed by atoms with van der Waals surface area (Å²) in [6, 6.07) is 3.53. The molecule has 0 saturated heterocycles. The van der Waals surface area contributed by atoms with Crippen molar-refractivity contribution >= 4 is 32.9 Å². The number of alkyl halides is 3. The molecule has 0 aromatic heterocycles. The number of rotatable bonds is 7. The van der Waals surface area contributed by atoms with Gasteiger partial charge in [-0.2, -0.15) is 21.6 Å². The molecule has 0 spiro atoms. The molecule has 2 rings (SSSR count). The fourth-order valence-corrected chi connectivity index (χ4v) is 3.58. The predicted octanol–water partition coefficient (Wildman–Crippen LogP) is 5.58. The van der Waals surface area contributed by atoms with E-state index in [1.165, 1.54) is 32.1 Å². The zero-order chi connectivity index (χ0) is 25.4. The maximum Gasteiger partial charge on any atom is 0.534 e. The van der Waals surface area contributed by atoms with Gasteiger partial charge in [0.25, 0.3) is 0 Å². The van der Waals surface area contributed by atoms with E-state index in [0.29, 0.717) is 0 Å². The molecule has 0 aliphatic rings. The van der Waals surface area contributed by atoms with Crippen LogP contribution in [0.4, 0.5) is 17.6 Å². The molecule has 2 aromatic carbocycles. The summed E-state index contributed by atoms with van der Waals surface area (Å²) in [7, 11) is -6.18. The van der Waals surface area contributed by atoms with Gasteiger partial charge >= 0.3 is 21.6 Å². The Hall–Kier alpha value is -2.66. The monoisotopic (exact) mass is 492 g/mol. The summed E-state index contributed by atoms with van der Waals surface area (Å²) in [5, 5.41) is -0.142. The van der Waals surface area contributed by atoms with E-state index in [-0.39, 0.29) is 34.1 Å². The van der Waals surface area contributed by atoms with Gasteiger partial charge in [-0.3, -0.25) is 0 Å². The number of hydrogen-bond acceptors (Lipinski definition) is 6. The van der Waals surface area contributed by atoms with E-state index in [9.17, 15) is 30.8 Å². The van der Waals surface area contributed by atoms with E-state index in [4.69, 9.17) is 9.47 Å². The lowest BCUT2D eigenvalue weighted by atomic mass is 9.94. The first-order valence-electron chi connectivity index (χ1n) is 9.76. The first-order valence-corrected chi connectivity index (χ1v) is 11.2. The topological polar surface area (TPSA) is 78.9 Å². The summed E-state index contributed by atoms with van der Waals surface area (Å²) >= 11 is 0. The number of halogens is 4. The number of benzene rings is 2. The van der Waals surface area contributed by atoms with Crippen LogP contribution in [0.1, 0.15) is 50.5 Å². The summed E-state index contributed by atoms with van der Waals surface area (Å²) in [5.41, 5.74) is -6.90. The normalized spacial score (nSPS) is 13.6. The molecule has 0 N–H and O–H groups in total. The van der Waals surface area contributed by atoms with Crippen molar-refractivity contribution in [2.24, 2.45) is 0 Å². The van der Waals surface area contributed by atoms with Crippen molar-refractivity contribution in [1.82, 2.24) is 0 Å². The molecule has 0 radical (unpaired) electrons. The molecular weight excluding hydrogens is 468 g/mol. The van der Waals surface area contributed by atoms with Crippen LogP contribution >= 0.6 is 0 Å². The van der Waals surface area contributed by atoms with Crippen LogP contribution < -0.4 is 4.18 Å². The smallest absolute Gasteiger partial charge is 0.464 e.